The molecular weight excluding hydrogens is 243 g/mol. The van der Waals surface area contributed by atoms with Crippen molar-refractivity contribution in [2.75, 3.05) is 18.4 Å². The van der Waals surface area contributed by atoms with Crippen molar-refractivity contribution in [1.29, 1.82) is 0 Å². The second kappa shape index (κ2) is 6.15. The van der Waals surface area contributed by atoms with E-state index in [0.717, 1.165) is 31.8 Å². The van der Waals surface area contributed by atoms with Crippen LogP contribution in [-0.2, 0) is 4.79 Å². The molecule has 1 aliphatic rings. The summed E-state index contributed by atoms with van der Waals surface area (Å²) < 4.78 is 13.5. The summed E-state index contributed by atoms with van der Waals surface area (Å²) in [5.41, 5.74) is 0.268. The summed E-state index contributed by atoms with van der Waals surface area (Å²) in [6.45, 7) is 6.21. The third kappa shape index (κ3) is 3.53. The summed E-state index contributed by atoms with van der Waals surface area (Å²) in [6, 6.07) is 6.15. The fourth-order valence-corrected chi connectivity index (χ4v) is 2.55. The quantitative estimate of drug-likeness (QED) is 0.852. The van der Waals surface area contributed by atoms with E-state index in [4.69, 9.17) is 0 Å². The number of hydrogen-bond acceptors (Lipinski definition) is 1. The first-order chi connectivity index (χ1) is 9.08. The van der Waals surface area contributed by atoms with E-state index in [1.165, 1.54) is 11.0 Å². The van der Waals surface area contributed by atoms with Gasteiger partial charge in [-0.05, 0) is 37.8 Å². The highest BCUT2D eigenvalue weighted by Crippen LogP contribution is 2.12. The maximum Gasteiger partial charge on any atom is 0.282 e. The summed E-state index contributed by atoms with van der Waals surface area (Å²) >= 11 is 0. The van der Waals surface area contributed by atoms with Gasteiger partial charge < -0.3 is 10.2 Å². The average Bonchev–Trinajstić information content (AvgIpc) is 2.41. The second-order valence-corrected chi connectivity index (χ2v) is 5.53. The Kier molecular flexibility index (Phi) is 4.53. The molecular formula is C15H22FN2O+. The minimum absolute atomic E-state index is 0.102. The Morgan fingerprint density at radius 2 is 2.00 bits per heavy atom. The van der Waals surface area contributed by atoms with Crippen LogP contribution in [0.2, 0.25) is 0 Å². The number of amides is 1. The maximum atomic E-state index is 13.5. The largest absolute Gasteiger partial charge is 0.325 e. The zero-order valence-corrected chi connectivity index (χ0v) is 11.6. The number of carbonyl (C=O) groups excluding carboxylic acids is 1. The second-order valence-electron chi connectivity index (χ2n) is 5.53. The first-order valence-corrected chi connectivity index (χ1v) is 6.98. The van der Waals surface area contributed by atoms with Gasteiger partial charge in [0.2, 0.25) is 0 Å². The van der Waals surface area contributed by atoms with Crippen LogP contribution in [0.15, 0.2) is 24.3 Å². The molecule has 2 N–H and O–H groups in total. The summed E-state index contributed by atoms with van der Waals surface area (Å²) in [7, 11) is 0. The van der Waals surface area contributed by atoms with E-state index in [-0.39, 0.29) is 23.5 Å². The molecule has 1 aromatic carbocycles. The van der Waals surface area contributed by atoms with Gasteiger partial charge in [0.15, 0.2) is 6.04 Å². The van der Waals surface area contributed by atoms with Crippen molar-refractivity contribution in [1.82, 2.24) is 0 Å². The number of benzene rings is 1. The van der Waals surface area contributed by atoms with Crippen molar-refractivity contribution in [2.45, 2.75) is 32.7 Å². The molecule has 4 heteroatoms. The van der Waals surface area contributed by atoms with Crippen LogP contribution < -0.4 is 10.2 Å². The molecule has 1 aliphatic heterocycles. The van der Waals surface area contributed by atoms with E-state index < -0.39 is 0 Å². The van der Waals surface area contributed by atoms with Gasteiger partial charge in [0.1, 0.15) is 5.82 Å². The standard InChI is InChI=1S/C15H21FN2O/c1-11-7-9-18(10-8-11)12(2)15(19)17-14-6-4-3-5-13(14)16/h3-6,11-12H,7-10H2,1-2H3,(H,17,19)/p+1/t12-/m1/s1. The molecule has 1 fully saturated rings. The molecule has 19 heavy (non-hydrogen) atoms. The molecule has 1 atom stereocenters. The highest BCUT2D eigenvalue weighted by molar-refractivity contribution is 5.93. The average molecular weight is 265 g/mol. The number of halogens is 1. The predicted octanol–water partition coefficient (Wildman–Crippen LogP) is 1.47. The molecule has 0 radical (unpaired) electrons. The lowest BCUT2D eigenvalue weighted by molar-refractivity contribution is -0.919. The molecule has 2 rings (SSSR count). The molecule has 0 aromatic heterocycles. The Bertz CT molecular complexity index is 442. The summed E-state index contributed by atoms with van der Waals surface area (Å²) in [5.74, 6) is 0.269. The number of hydrogen-bond donors (Lipinski definition) is 2. The molecule has 1 saturated heterocycles. The first-order valence-electron chi connectivity index (χ1n) is 6.98. The Morgan fingerprint density at radius 1 is 1.37 bits per heavy atom. The highest BCUT2D eigenvalue weighted by atomic mass is 19.1. The SMILES string of the molecule is CC1CC[NH+]([C@H](C)C(=O)Nc2ccccc2F)CC1. The van der Waals surface area contributed by atoms with E-state index in [9.17, 15) is 9.18 Å². The number of anilines is 1. The lowest BCUT2D eigenvalue weighted by atomic mass is 9.98. The molecule has 0 spiro atoms. The lowest BCUT2D eigenvalue weighted by Gasteiger charge is -2.31. The zero-order chi connectivity index (χ0) is 13.8. The molecule has 104 valence electrons. The van der Waals surface area contributed by atoms with Gasteiger partial charge in [-0.25, -0.2) is 4.39 Å². The van der Waals surface area contributed by atoms with Crippen molar-refractivity contribution in [3.8, 4) is 0 Å². The minimum Gasteiger partial charge on any atom is -0.325 e. The van der Waals surface area contributed by atoms with Crippen LogP contribution in [0.5, 0.6) is 0 Å². The molecule has 1 amide bonds. The fourth-order valence-electron chi connectivity index (χ4n) is 2.55. The molecule has 1 heterocycles. The summed E-state index contributed by atoms with van der Waals surface area (Å²) in [4.78, 5) is 13.4. The number of rotatable bonds is 3. The van der Waals surface area contributed by atoms with Crippen LogP contribution in [0.1, 0.15) is 26.7 Å². The first kappa shape index (κ1) is 14.0. The number of quaternary nitrogens is 1. The van der Waals surface area contributed by atoms with Crippen LogP contribution in [-0.4, -0.2) is 25.0 Å². The van der Waals surface area contributed by atoms with E-state index >= 15 is 0 Å². The van der Waals surface area contributed by atoms with E-state index in [1.54, 1.807) is 18.2 Å². The van der Waals surface area contributed by atoms with Gasteiger partial charge in [-0.2, -0.15) is 0 Å². The van der Waals surface area contributed by atoms with E-state index in [2.05, 4.69) is 12.2 Å². The normalized spacial score (nSPS) is 24.8. The van der Waals surface area contributed by atoms with Crippen molar-refractivity contribution in [3.63, 3.8) is 0 Å². The predicted molar refractivity (Wildman–Crippen MR) is 73.6 cm³/mol. The van der Waals surface area contributed by atoms with Crippen LogP contribution in [0.25, 0.3) is 0 Å². The fraction of sp³-hybridized carbons (Fsp3) is 0.533. The zero-order valence-electron chi connectivity index (χ0n) is 11.6. The van der Waals surface area contributed by atoms with Gasteiger partial charge >= 0.3 is 0 Å². The smallest absolute Gasteiger partial charge is 0.282 e. The Labute approximate surface area is 113 Å². The number of nitrogens with one attached hydrogen (secondary N) is 2. The van der Waals surface area contributed by atoms with Gasteiger partial charge in [-0.15, -0.1) is 0 Å². The number of para-hydroxylation sites is 1. The van der Waals surface area contributed by atoms with Crippen molar-refractivity contribution in [2.24, 2.45) is 5.92 Å². The van der Waals surface area contributed by atoms with E-state index in [0.29, 0.717) is 0 Å². The Morgan fingerprint density at radius 3 is 2.63 bits per heavy atom. The van der Waals surface area contributed by atoms with Crippen LogP contribution in [0.3, 0.4) is 0 Å². The molecule has 3 nitrogen and oxygen atoms in total. The Balaban J connectivity index is 1.94. The topological polar surface area (TPSA) is 33.5 Å². The van der Waals surface area contributed by atoms with Gasteiger partial charge in [-0.1, -0.05) is 19.1 Å². The van der Waals surface area contributed by atoms with Crippen LogP contribution in [0, 0.1) is 11.7 Å². The van der Waals surface area contributed by atoms with E-state index in [1.807, 2.05) is 6.92 Å². The molecule has 0 bridgehead atoms. The third-order valence-electron chi connectivity index (χ3n) is 4.05. The molecule has 1 aromatic rings. The van der Waals surface area contributed by atoms with Crippen molar-refractivity contribution in [3.05, 3.63) is 30.1 Å². The third-order valence-corrected chi connectivity index (χ3v) is 4.05. The van der Waals surface area contributed by atoms with Crippen LogP contribution in [0.4, 0.5) is 10.1 Å². The van der Waals surface area contributed by atoms with Crippen molar-refractivity contribution < 1.29 is 14.1 Å². The van der Waals surface area contributed by atoms with Gasteiger partial charge in [0.25, 0.3) is 5.91 Å². The van der Waals surface area contributed by atoms with Crippen LogP contribution >= 0.6 is 0 Å². The summed E-state index contributed by atoms with van der Waals surface area (Å²) in [6.07, 6.45) is 2.32. The molecule has 0 saturated carbocycles. The lowest BCUT2D eigenvalue weighted by Crippen LogP contribution is -3.17. The van der Waals surface area contributed by atoms with Crippen molar-refractivity contribution >= 4 is 11.6 Å². The van der Waals surface area contributed by atoms with Gasteiger partial charge in [0.05, 0.1) is 18.8 Å². The monoisotopic (exact) mass is 265 g/mol. The highest BCUT2D eigenvalue weighted by Gasteiger charge is 2.28. The van der Waals surface area contributed by atoms with Gasteiger partial charge in [-0.3, -0.25) is 4.79 Å². The molecule has 0 aliphatic carbocycles. The minimum atomic E-state index is -0.384. The Hall–Kier alpha value is -1.42. The number of carbonyl (C=O) groups is 1. The van der Waals surface area contributed by atoms with Gasteiger partial charge in [0, 0.05) is 0 Å². The number of piperidine rings is 1. The maximum absolute atomic E-state index is 13.5. The summed E-state index contributed by atoms with van der Waals surface area (Å²) in [5, 5.41) is 2.68. The molecule has 0 unspecified atom stereocenters. The number of likely N-dealkylation sites (tertiary alicyclic amines) is 1.